The normalized spacial score (nSPS) is 20.5. The molecule has 25 heavy (non-hydrogen) atoms. The molecule has 1 N–H and O–H groups in total. The number of hydrogen-bond donors (Lipinski definition) is 1. The summed E-state index contributed by atoms with van der Waals surface area (Å²) in [6, 6.07) is 7.89. The predicted octanol–water partition coefficient (Wildman–Crippen LogP) is 2.81. The fourth-order valence-electron chi connectivity index (χ4n) is 3.12. The number of rotatable bonds is 5. The molecule has 1 aliphatic carbocycles. The Morgan fingerprint density at radius 1 is 1.32 bits per heavy atom. The van der Waals surface area contributed by atoms with Gasteiger partial charge in [0.25, 0.3) is 0 Å². The molecule has 1 amide bonds. The molecule has 2 heterocycles. The van der Waals surface area contributed by atoms with E-state index < -0.39 is 0 Å². The Morgan fingerprint density at radius 2 is 2.12 bits per heavy atom. The van der Waals surface area contributed by atoms with Gasteiger partial charge in [0, 0.05) is 24.9 Å². The van der Waals surface area contributed by atoms with E-state index in [2.05, 4.69) is 15.5 Å². The zero-order valence-electron chi connectivity index (χ0n) is 14.4. The summed E-state index contributed by atoms with van der Waals surface area (Å²) < 4.78 is 7.68. The molecule has 0 unspecified atom stereocenters. The highest BCUT2D eigenvalue weighted by atomic mass is 32.2. The van der Waals surface area contributed by atoms with Crippen molar-refractivity contribution in [2.75, 3.05) is 6.61 Å². The number of carbonyl (C=O) groups is 1. The van der Waals surface area contributed by atoms with Crippen molar-refractivity contribution in [3.63, 3.8) is 0 Å². The van der Waals surface area contributed by atoms with E-state index in [9.17, 15) is 4.79 Å². The number of para-hydroxylation sites is 1. The van der Waals surface area contributed by atoms with Crippen molar-refractivity contribution < 1.29 is 9.53 Å². The molecule has 4 rings (SSSR count). The molecule has 0 radical (unpaired) electrons. The molecule has 1 aromatic carbocycles. The van der Waals surface area contributed by atoms with Crippen molar-refractivity contribution in [2.45, 2.75) is 48.6 Å². The summed E-state index contributed by atoms with van der Waals surface area (Å²) in [6.45, 7) is 2.54. The fraction of sp³-hybridized carbons (Fsp3) is 0.500. The highest BCUT2D eigenvalue weighted by molar-refractivity contribution is 8.00. The van der Waals surface area contributed by atoms with Crippen LogP contribution in [0.5, 0.6) is 5.75 Å². The zero-order valence-corrected chi connectivity index (χ0v) is 15.3. The summed E-state index contributed by atoms with van der Waals surface area (Å²) in [5.74, 6) is 2.47. The average Bonchev–Trinajstić information content (AvgIpc) is 3.40. The number of amides is 1. The van der Waals surface area contributed by atoms with Gasteiger partial charge in [0.05, 0.1) is 17.9 Å². The number of fused-ring (bicyclic) bond motifs is 1. The molecular formula is C18H22N4O2S. The first kappa shape index (κ1) is 16.4. The molecule has 0 saturated heterocycles. The van der Waals surface area contributed by atoms with Crippen molar-refractivity contribution in [1.29, 1.82) is 0 Å². The van der Waals surface area contributed by atoms with Crippen LogP contribution < -0.4 is 10.1 Å². The zero-order chi connectivity index (χ0) is 17.4. The van der Waals surface area contributed by atoms with Gasteiger partial charge in [-0.3, -0.25) is 4.79 Å². The minimum atomic E-state index is -0.232. The van der Waals surface area contributed by atoms with Crippen molar-refractivity contribution in [3.05, 3.63) is 35.7 Å². The molecular weight excluding hydrogens is 336 g/mol. The van der Waals surface area contributed by atoms with Gasteiger partial charge in [-0.15, -0.1) is 10.2 Å². The van der Waals surface area contributed by atoms with Crippen LogP contribution in [0.25, 0.3) is 0 Å². The maximum atomic E-state index is 12.7. The van der Waals surface area contributed by atoms with Gasteiger partial charge < -0.3 is 14.6 Å². The van der Waals surface area contributed by atoms with E-state index in [1.54, 1.807) is 0 Å². The summed E-state index contributed by atoms with van der Waals surface area (Å²) in [7, 11) is 1.98. The van der Waals surface area contributed by atoms with Crippen molar-refractivity contribution >= 4 is 17.7 Å². The smallest absolute Gasteiger partial charge is 0.233 e. The van der Waals surface area contributed by atoms with Gasteiger partial charge in [0.15, 0.2) is 5.16 Å². The highest BCUT2D eigenvalue weighted by Crippen LogP contribution is 2.40. The number of thioether (sulfide) groups is 1. The number of hydrogen-bond acceptors (Lipinski definition) is 5. The second-order valence-electron chi connectivity index (χ2n) is 6.67. The SMILES string of the molecule is C[C@H](Sc1nnc(C2CC2)n1C)C(=O)N[C@H]1CCOc2ccccc21. The number of carbonyl (C=O) groups excluding carboxylic acids is 1. The van der Waals surface area contributed by atoms with E-state index in [0.717, 1.165) is 28.7 Å². The van der Waals surface area contributed by atoms with E-state index in [4.69, 9.17) is 4.74 Å². The number of nitrogens with zero attached hydrogens (tertiary/aromatic N) is 3. The quantitative estimate of drug-likeness (QED) is 0.833. The van der Waals surface area contributed by atoms with Crippen LogP contribution in [-0.2, 0) is 11.8 Å². The van der Waals surface area contributed by atoms with Crippen LogP contribution in [0.4, 0.5) is 0 Å². The van der Waals surface area contributed by atoms with Crippen LogP contribution in [-0.4, -0.2) is 32.5 Å². The van der Waals surface area contributed by atoms with E-state index >= 15 is 0 Å². The van der Waals surface area contributed by atoms with Crippen molar-refractivity contribution in [1.82, 2.24) is 20.1 Å². The molecule has 0 spiro atoms. The monoisotopic (exact) mass is 358 g/mol. The summed E-state index contributed by atoms with van der Waals surface area (Å²) >= 11 is 1.46. The lowest BCUT2D eigenvalue weighted by Crippen LogP contribution is -2.36. The number of aromatic nitrogens is 3. The van der Waals surface area contributed by atoms with Crippen molar-refractivity contribution in [3.8, 4) is 5.75 Å². The van der Waals surface area contributed by atoms with Crippen LogP contribution in [0.3, 0.4) is 0 Å². The Bertz CT molecular complexity index is 787. The lowest BCUT2D eigenvalue weighted by Gasteiger charge is -2.27. The maximum Gasteiger partial charge on any atom is 0.233 e. The van der Waals surface area contributed by atoms with Gasteiger partial charge in [-0.05, 0) is 25.8 Å². The third-order valence-electron chi connectivity index (χ3n) is 4.74. The van der Waals surface area contributed by atoms with Crippen LogP contribution >= 0.6 is 11.8 Å². The first-order valence-electron chi connectivity index (χ1n) is 8.71. The third-order valence-corrected chi connectivity index (χ3v) is 5.87. The molecule has 2 atom stereocenters. The van der Waals surface area contributed by atoms with Gasteiger partial charge in [0.2, 0.25) is 5.91 Å². The molecule has 6 nitrogen and oxygen atoms in total. The van der Waals surface area contributed by atoms with E-state index in [1.165, 1.54) is 24.6 Å². The summed E-state index contributed by atoms with van der Waals surface area (Å²) in [4.78, 5) is 12.7. The van der Waals surface area contributed by atoms with Crippen LogP contribution in [0.1, 0.15) is 49.5 Å². The molecule has 2 aromatic rings. The van der Waals surface area contributed by atoms with Gasteiger partial charge in [-0.25, -0.2) is 0 Å². The van der Waals surface area contributed by atoms with Gasteiger partial charge in [0.1, 0.15) is 11.6 Å². The average molecular weight is 358 g/mol. The Hall–Kier alpha value is -2.02. The minimum Gasteiger partial charge on any atom is -0.493 e. The Kier molecular flexibility index (Phi) is 4.41. The van der Waals surface area contributed by atoms with E-state index in [1.807, 2.05) is 42.8 Å². The standard InChI is InChI=1S/C18H22N4O2S/c1-11(25-18-21-20-16(22(18)2)12-7-8-12)17(23)19-14-9-10-24-15-6-4-3-5-13(14)15/h3-6,11-12,14H,7-10H2,1-2H3,(H,19,23)/t11-,14-/m0/s1. The highest BCUT2D eigenvalue weighted by Gasteiger charge is 2.30. The maximum absolute atomic E-state index is 12.7. The first-order valence-corrected chi connectivity index (χ1v) is 9.59. The summed E-state index contributed by atoms with van der Waals surface area (Å²) in [6.07, 6.45) is 3.17. The fourth-order valence-corrected chi connectivity index (χ4v) is 3.95. The van der Waals surface area contributed by atoms with E-state index in [-0.39, 0.29) is 17.2 Å². The predicted molar refractivity (Wildman–Crippen MR) is 95.7 cm³/mol. The van der Waals surface area contributed by atoms with Crippen molar-refractivity contribution in [2.24, 2.45) is 7.05 Å². The lowest BCUT2D eigenvalue weighted by molar-refractivity contribution is -0.121. The molecule has 1 aliphatic heterocycles. The lowest BCUT2D eigenvalue weighted by atomic mass is 10.0. The second kappa shape index (κ2) is 6.71. The summed E-state index contributed by atoms with van der Waals surface area (Å²) in [5, 5.41) is 12.3. The van der Waals surface area contributed by atoms with Gasteiger partial charge in [-0.1, -0.05) is 30.0 Å². The minimum absolute atomic E-state index is 0.00187. The topological polar surface area (TPSA) is 69.0 Å². The molecule has 0 bridgehead atoms. The molecule has 1 saturated carbocycles. The Labute approximate surface area is 151 Å². The molecule has 2 aliphatic rings. The molecule has 7 heteroatoms. The first-order chi connectivity index (χ1) is 12.1. The summed E-state index contributed by atoms with van der Waals surface area (Å²) in [5.41, 5.74) is 1.05. The number of nitrogens with one attached hydrogen (secondary N) is 1. The van der Waals surface area contributed by atoms with Crippen LogP contribution in [0, 0.1) is 0 Å². The van der Waals surface area contributed by atoms with Gasteiger partial charge in [-0.2, -0.15) is 0 Å². The van der Waals surface area contributed by atoms with E-state index in [0.29, 0.717) is 12.5 Å². The Balaban J connectivity index is 1.41. The van der Waals surface area contributed by atoms with Crippen LogP contribution in [0.15, 0.2) is 29.4 Å². The second-order valence-corrected chi connectivity index (χ2v) is 7.98. The molecule has 1 fully saturated rings. The number of benzene rings is 1. The third kappa shape index (κ3) is 3.38. The largest absolute Gasteiger partial charge is 0.493 e. The molecule has 1 aromatic heterocycles. The van der Waals surface area contributed by atoms with Gasteiger partial charge >= 0.3 is 0 Å². The number of ether oxygens (including phenoxy) is 1. The Morgan fingerprint density at radius 3 is 2.92 bits per heavy atom. The molecule has 132 valence electrons. The van der Waals surface area contributed by atoms with Crippen LogP contribution in [0.2, 0.25) is 0 Å².